The number of likely N-dealkylation sites (tertiary alicyclic amines) is 1. The number of aromatic amines is 1. The molecular weight excluding hydrogens is 350 g/mol. The quantitative estimate of drug-likeness (QED) is 0.592. The molecular formula is C22H21N5O. The molecule has 1 saturated heterocycles. The maximum Gasteiger partial charge on any atom is 0.273 e. The Bertz CT molecular complexity index is 1130. The van der Waals surface area contributed by atoms with E-state index in [0.717, 1.165) is 41.9 Å². The van der Waals surface area contributed by atoms with E-state index in [1.165, 1.54) is 5.56 Å². The molecule has 28 heavy (non-hydrogen) atoms. The van der Waals surface area contributed by atoms with Gasteiger partial charge >= 0.3 is 0 Å². The molecule has 1 atom stereocenters. The van der Waals surface area contributed by atoms with Crippen LogP contribution >= 0.6 is 0 Å². The van der Waals surface area contributed by atoms with Gasteiger partial charge in [0.25, 0.3) is 5.91 Å². The van der Waals surface area contributed by atoms with Crippen molar-refractivity contribution in [1.82, 2.24) is 24.5 Å². The van der Waals surface area contributed by atoms with Gasteiger partial charge in [-0.25, -0.2) is 4.98 Å². The fourth-order valence-corrected chi connectivity index (χ4v) is 4.18. The van der Waals surface area contributed by atoms with Crippen LogP contribution in [0.5, 0.6) is 0 Å². The van der Waals surface area contributed by atoms with Crippen LogP contribution in [0.1, 0.15) is 40.6 Å². The number of carbonyl (C=O) groups is 1. The van der Waals surface area contributed by atoms with Gasteiger partial charge < -0.3 is 4.90 Å². The molecule has 6 nitrogen and oxygen atoms in total. The summed E-state index contributed by atoms with van der Waals surface area (Å²) >= 11 is 0. The number of benzene rings is 1. The lowest BCUT2D eigenvalue weighted by Crippen LogP contribution is -2.31. The van der Waals surface area contributed by atoms with Gasteiger partial charge in [-0.3, -0.25) is 14.3 Å². The van der Waals surface area contributed by atoms with Crippen molar-refractivity contribution in [1.29, 1.82) is 0 Å². The molecule has 5 rings (SSSR count). The van der Waals surface area contributed by atoms with E-state index in [0.29, 0.717) is 5.69 Å². The third-order valence-corrected chi connectivity index (χ3v) is 5.53. The average Bonchev–Trinajstić information content (AvgIpc) is 3.46. The number of nitrogens with zero attached hydrogens (tertiary/aromatic N) is 4. The number of rotatable bonds is 3. The van der Waals surface area contributed by atoms with Gasteiger partial charge in [0, 0.05) is 24.5 Å². The Morgan fingerprint density at radius 3 is 2.82 bits per heavy atom. The summed E-state index contributed by atoms with van der Waals surface area (Å²) in [4.78, 5) is 20.1. The van der Waals surface area contributed by atoms with Crippen molar-refractivity contribution >= 4 is 11.6 Å². The zero-order valence-corrected chi connectivity index (χ0v) is 15.7. The molecule has 3 aromatic heterocycles. The highest BCUT2D eigenvalue weighted by atomic mass is 16.2. The van der Waals surface area contributed by atoms with E-state index in [2.05, 4.69) is 27.3 Å². The number of carbonyl (C=O) groups excluding carboxylic acids is 1. The zero-order valence-electron chi connectivity index (χ0n) is 15.7. The smallest absolute Gasteiger partial charge is 0.273 e. The van der Waals surface area contributed by atoms with Gasteiger partial charge in [0.15, 0.2) is 0 Å². The van der Waals surface area contributed by atoms with E-state index in [-0.39, 0.29) is 11.9 Å². The normalized spacial score (nSPS) is 16.8. The summed E-state index contributed by atoms with van der Waals surface area (Å²) < 4.78 is 1.90. The van der Waals surface area contributed by atoms with Gasteiger partial charge in [-0.2, -0.15) is 5.10 Å². The number of fused-ring (bicyclic) bond motifs is 1. The molecule has 4 heterocycles. The lowest BCUT2D eigenvalue weighted by atomic mass is 10.0. The highest BCUT2D eigenvalue weighted by Crippen LogP contribution is 2.33. The van der Waals surface area contributed by atoms with Crippen molar-refractivity contribution in [2.45, 2.75) is 25.8 Å². The van der Waals surface area contributed by atoms with Crippen LogP contribution in [0.15, 0.2) is 61.1 Å². The lowest BCUT2D eigenvalue weighted by Gasteiger charge is -2.25. The van der Waals surface area contributed by atoms with E-state index >= 15 is 0 Å². The molecule has 1 unspecified atom stereocenters. The number of nitrogens with one attached hydrogen (secondary N) is 1. The number of aromatic nitrogens is 4. The largest absolute Gasteiger partial charge is 0.330 e. The molecule has 1 fully saturated rings. The van der Waals surface area contributed by atoms with Gasteiger partial charge in [0.05, 0.1) is 17.9 Å². The highest BCUT2D eigenvalue weighted by molar-refractivity contribution is 5.95. The summed E-state index contributed by atoms with van der Waals surface area (Å²) in [5.74, 6) is 0.0485. The Morgan fingerprint density at radius 2 is 2.04 bits per heavy atom. The summed E-state index contributed by atoms with van der Waals surface area (Å²) in [6.45, 7) is 2.68. The standard InChI is InChI=1S/C22H21N5O/c1-15-21(22(28)26-10-5-8-19(26)16-6-3-2-4-7-16)27-11-9-17(12-20(27)25-15)18-13-23-24-14-18/h2-4,6-7,9,11-14,19H,5,8,10H2,1H3,(H,23,24). The number of hydrogen-bond donors (Lipinski definition) is 1. The first-order chi connectivity index (χ1) is 13.7. The Balaban J connectivity index is 1.53. The van der Waals surface area contributed by atoms with Crippen LogP contribution in [0.3, 0.4) is 0 Å². The van der Waals surface area contributed by atoms with Crippen molar-refractivity contribution in [3.8, 4) is 11.1 Å². The third kappa shape index (κ3) is 2.69. The summed E-state index contributed by atoms with van der Waals surface area (Å²) in [7, 11) is 0. The second-order valence-electron chi connectivity index (χ2n) is 7.24. The molecule has 1 amide bonds. The van der Waals surface area contributed by atoms with E-state index in [1.807, 2.05) is 58.9 Å². The van der Waals surface area contributed by atoms with Crippen LogP contribution in [-0.4, -0.2) is 36.9 Å². The van der Waals surface area contributed by atoms with Crippen LogP contribution in [0.2, 0.25) is 0 Å². The summed E-state index contributed by atoms with van der Waals surface area (Å²) in [6, 6.07) is 14.4. The van der Waals surface area contributed by atoms with E-state index in [9.17, 15) is 4.79 Å². The second-order valence-corrected chi connectivity index (χ2v) is 7.24. The molecule has 140 valence electrons. The topological polar surface area (TPSA) is 66.3 Å². The number of hydrogen-bond acceptors (Lipinski definition) is 3. The Morgan fingerprint density at radius 1 is 1.18 bits per heavy atom. The maximum absolute atomic E-state index is 13.5. The van der Waals surface area contributed by atoms with Gasteiger partial charge in [-0.15, -0.1) is 0 Å². The predicted molar refractivity (Wildman–Crippen MR) is 107 cm³/mol. The van der Waals surface area contributed by atoms with E-state index in [4.69, 9.17) is 0 Å². The van der Waals surface area contributed by atoms with Crippen LogP contribution in [0.4, 0.5) is 0 Å². The Hall–Kier alpha value is -3.41. The number of aryl methyl sites for hydroxylation is 1. The maximum atomic E-state index is 13.5. The molecule has 0 saturated carbocycles. The molecule has 0 bridgehead atoms. The van der Waals surface area contributed by atoms with Crippen molar-refractivity contribution in [2.75, 3.05) is 6.54 Å². The Kier molecular flexibility index (Phi) is 3.97. The highest BCUT2D eigenvalue weighted by Gasteiger charge is 2.33. The first-order valence-corrected chi connectivity index (χ1v) is 9.56. The third-order valence-electron chi connectivity index (χ3n) is 5.53. The van der Waals surface area contributed by atoms with Crippen molar-refractivity contribution < 1.29 is 4.79 Å². The molecule has 0 radical (unpaired) electrons. The molecule has 1 N–H and O–H groups in total. The number of amides is 1. The van der Waals surface area contributed by atoms with E-state index < -0.39 is 0 Å². The van der Waals surface area contributed by atoms with E-state index in [1.54, 1.807) is 6.20 Å². The average molecular weight is 371 g/mol. The van der Waals surface area contributed by atoms with Crippen LogP contribution in [-0.2, 0) is 0 Å². The fraction of sp³-hybridized carbons (Fsp3) is 0.227. The molecule has 1 aliphatic rings. The summed E-state index contributed by atoms with van der Waals surface area (Å²) in [5.41, 5.74) is 5.40. The molecule has 1 aromatic carbocycles. The zero-order chi connectivity index (χ0) is 19.1. The second kappa shape index (κ2) is 6.64. The van der Waals surface area contributed by atoms with Crippen molar-refractivity contribution in [3.63, 3.8) is 0 Å². The molecule has 0 aliphatic carbocycles. The first-order valence-electron chi connectivity index (χ1n) is 9.56. The minimum Gasteiger partial charge on any atom is -0.330 e. The minimum atomic E-state index is 0.0485. The van der Waals surface area contributed by atoms with Gasteiger partial charge in [-0.1, -0.05) is 30.3 Å². The number of H-pyrrole nitrogens is 1. The Labute approximate surface area is 162 Å². The van der Waals surface area contributed by atoms with Crippen LogP contribution < -0.4 is 0 Å². The fourth-order valence-electron chi connectivity index (χ4n) is 4.18. The molecule has 4 aromatic rings. The molecule has 6 heteroatoms. The minimum absolute atomic E-state index is 0.0485. The predicted octanol–water partition coefficient (Wildman–Crippen LogP) is 4.01. The van der Waals surface area contributed by atoms with Crippen LogP contribution in [0, 0.1) is 6.92 Å². The van der Waals surface area contributed by atoms with Gasteiger partial charge in [0.2, 0.25) is 0 Å². The van der Waals surface area contributed by atoms with Gasteiger partial charge in [-0.05, 0) is 43.0 Å². The molecule has 1 aliphatic heterocycles. The van der Waals surface area contributed by atoms with Gasteiger partial charge in [0.1, 0.15) is 11.3 Å². The van der Waals surface area contributed by atoms with Crippen LogP contribution in [0.25, 0.3) is 16.8 Å². The van der Waals surface area contributed by atoms with Crippen molar-refractivity contribution in [3.05, 3.63) is 78.0 Å². The lowest BCUT2D eigenvalue weighted by molar-refractivity contribution is 0.0728. The van der Waals surface area contributed by atoms with Crippen molar-refractivity contribution in [2.24, 2.45) is 0 Å². The number of pyridine rings is 1. The summed E-state index contributed by atoms with van der Waals surface area (Å²) in [6.07, 6.45) is 7.57. The SMILES string of the molecule is Cc1nc2cc(-c3cn[nH]c3)ccn2c1C(=O)N1CCCC1c1ccccc1. The molecule has 0 spiro atoms. The monoisotopic (exact) mass is 371 g/mol. The number of imidazole rings is 1. The summed E-state index contributed by atoms with van der Waals surface area (Å²) in [5, 5.41) is 6.84. The first kappa shape index (κ1) is 16.7.